The molecule has 4 nitrogen and oxygen atoms in total. The molecule has 0 aromatic heterocycles. The maximum absolute atomic E-state index is 5.37. The van der Waals surface area contributed by atoms with Crippen LogP contribution < -0.4 is 0 Å². The van der Waals surface area contributed by atoms with Crippen molar-refractivity contribution in [1.82, 2.24) is 0 Å². The standard InChI is InChI=1S/C28H42Br2N4/c1-25(2,3)31-17-13-15(29)19-20-16(30)14-18(32-26(4,5)6)22(24(20)34-28(10,11)12)21(17)23(19)33-27(7,8)9/h13-14,19-22H,1-12H3/t19-,20-,21+,22+/m0/s1. The van der Waals surface area contributed by atoms with Crippen LogP contribution in [0, 0.1) is 23.7 Å². The minimum atomic E-state index is -0.205. The molecule has 4 atom stereocenters. The fourth-order valence-corrected chi connectivity index (χ4v) is 6.45. The Labute approximate surface area is 224 Å². The number of hydrogen-bond acceptors (Lipinski definition) is 4. The molecular formula is C28H42Br2N4. The molecule has 3 aliphatic rings. The number of fused-ring (bicyclic) bond motifs is 6. The first-order valence-corrected chi connectivity index (χ1v) is 13.9. The first kappa shape index (κ1) is 27.7. The van der Waals surface area contributed by atoms with Crippen LogP contribution in [0.15, 0.2) is 41.1 Å². The first-order chi connectivity index (χ1) is 15.2. The van der Waals surface area contributed by atoms with Crippen molar-refractivity contribution in [2.75, 3.05) is 0 Å². The summed E-state index contributed by atoms with van der Waals surface area (Å²) in [5.41, 5.74) is 3.71. The Hall–Kier alpha value is -0.880. The monoisotopic (exact) mass is 592 g/mol. The fraction of sp³-hybridized carbons (Fsp3) is 0.714. The van der Waals surface area contributed by atoms with Gasteiger partial charge in [0, 0.05) is 43.6 Å². The van der Waals surface area contributed by atoms with E-state index < -0.39 is 0 Å². The van der Waals surface area contributed by atoms with Crippen molar-refractivity contribution < 1.29 is 0 Å². The van der Waals surface area contributed by atoms with Crippen LogP contribution in [0.1, 0.15) is 83.1 Å². The van der Waals surface area contributed by atoms with Crippen LogP contribution in [0.3, 0.4) is 0 Å². The van der Waals surface area contributed by atoms with Gasteiger partial charge < -0.3 is 0 Å². The predicted molar refractivity (Wildman–Crippen MR) is 157 cm³/mol. The summed E-state index contributed by atoms with van der Waals surface area (Å²) in [6.07, 6.45) is 4.49. The summed E-state index contributed by atoms with van der Waals surface area (Å²) in [4.78, 5) is 21.2. The molecule has 0 heterocycles. The van der Waals surface area contributed by atoms with E-state index in [2.05, 4.69) is 127 Å². The van der Waals surface area contributed by atoms with Gasteiger partial charge in [0.2, 0.25) is 0 Å². The molecule has 6 heteroatoms. The molecule has 1 fully saturated rings. The van der Waals surface area contributed by atoms with Crippen molar-refractivity contribution in [3.63, 3.8) is 0 Å². The number of rotatable bonds is 0. The summed E-state index contributed by atoms with van der Waals surface area (Å²) in [7, 11) is 0. The SMILES string of the molecule is CC(C)(C)N=C1C=C(Br)[C@@H]2C(=NC(C)(C)C)[C@H]1[C@H]1C(=NC(C)(C)C)C=C(Br)[C@@H]2C1=NC(C)(C)C. The molecule has 0 N–H and O–H groups in total. The lowest BCUT2D eigenvalue weighted by Crippen LogP contribution is -2.58. The molecule has 0 saturated heterocycles. The Balaban J connectivity index is 2.48. The van der Waals surface area contributed by atoms with Gasteiger partial charge in [-0.1, -0.05) is 31.9 Å². The maximum atomic E-state index is 5.37. The Morgan fingerprint density at radius 1 is 0.471 bits per heavy atom. The average molecular weight is 594 g/mol. The van der Waals surface area contributed by atoms with Gasteiger partial charge in [-0.2, -0.15) is 0 Å². The van der Waals surface area contributed by atoms with E-state index in [0.717, 1.165) is 20.4 Å². The number of allylic oxidation sites excluding steroid dienone is 4. The van der Waals surface area contributed by atoms with Gasteiger partial charge in [-0.15, -0.1) is 0 Å². The van der Waals surface area contributed by atoms with Crippen molar-refractivity contribution in [2.45, 2.75) is 105 Å². The predicted octanol–water partition coefficient (Wildman–Crippen LogP) is 8.01. The molecule has 3 aliphatic carbocycles. The number of halogens is 2. The molecule has 0 spiro atoms. The van der Waals surface area contributed by atoms with Gasteiger partial charge in [-0.25, -0.2) is 0 Å². The lowest BCUT2D eigenvalue weighted by Gasteiger charge is -2.50. The second-order valence-corrected chi connectivity index (χ2v) is 15.6. The minimum Gasteiger partial charge on any atom is -0.287 e. The van der Waals surface area contributed by atoms with E-state index in [1.165, 1.54) is 11.4 Å². The molecule has 188 valence electrons. The summed E-state index contributed by atoms with van der Waals surface area (Å²) in [5, 5.41) is 0. The molecule has 0 aliphatic heterocycles. The number of aliphatic imine (C=N–C) groups is 4. The van der Waals surface area contributed by atoms with E-state index in [-0.39, 0.29) is 45.8 Å². The highest BCUT2D eigenvalue weighted by Gasteiger charge is 2.56. The number of hydrogen-bond donors (Lipinski definition) is 0. The summed E-state index contributed by atoms with van der Waals surface area (Å²) in [6.45, 7) is 26.0. The smallest absolute Gasteiger partial charge is 0.0532 e. The molecule has 0 unspecified atom stereocenters. The molecule has 0 amide bonds. The Kier molecular flexibility index (Phi) is 7.25. The Bertz CT molecular complexity index is 944. The van der Waals surface area contributed by atoms with Gasteiger partial charge in [-0.05, 0) is 95.2 Å². The third kappa shape index (κ3) is 6.27. The molecular weight excluding hydrogens is 552 g/mol. The largest absolute Gasteiger partial charge is 0.287 e. The van der Waals surface area contributed by atoms with Crippen molar-refractivity contribution in [3.8, 4) is 0 Å². The fourth-order valence-electron chi connectivity index (χ4n) is 4.99. The van der Waals surface area contributed by atoms with Crippen molar-refractivity contribution in [2.24, 2.45) is 43.6 Å². The van der Waals surface area contributed by atoms with Gasteiger partial charge >= 0.3 is 0 Å². The van der Waals surface area contributed by atoms with Crippen molar-refractivity contribution >= 4 is 54.7 Å². The third-order valence-corrected chi connectivity index (χ3v) is 7.05. The van der Waals surface area contributed by atoms with Crippen LogP contribution >= 0.6 is 31.9 Å². The topological polar surface area (TPSA) is 49.4 Å². The first-order valence-electron chi connectivity index (χ1n) is 12.3. The molecule has 1 saturated carbocycles. The van der Waals surface area contributed by atoms with Crippen LogP contribution in [0.4, 0.5) is 0 Å². The lowest BCUT2D eigenvalue weighted by atomic mass is 9.57. The number of nitrogens with zero attached hydrogens (tertiary/aromatic N) is 4. The zero-order valence-electron chi connectivity index (χ0n) is 23.0. The van der Waals surface area contributed by atoms with Gasteiger partial charge in [0.1, 0.15) is 0 Å². The van der Waals surface area contributed by atoms with Crippen molar-refractivity contribution in [1.29, 1.82) is 0 Å². The van der Waals surface area contributed by atoms with Crippen LogP contribution in [-0.2, 0) is 0 Å². The highest BCUT2D eigenvalue weighted by molar-refractivity contribution is 9.12. The van der Waals surface area contributed by atoms with Crippen LogP contribution in [0.2, 0.25) is 0 Å². The van der Waals surface area contributed by atoms with Crippen LogP contribution in [-0.4, -0.2) is 45.0 Å². The summed E-state index contributed by atoms with van der Waals surface area (Å²) < 4.78 is 2.25. The van der Waals surface area contributed by atoms with E-state index in [9.17, 15) is 0 Å². The van der Waals surface area contributed by atoms with Crippen LogP contribution in [0.5, 0.6) is 0 Å². The van der Waals surface area contributed by atoms with Gasteiger partial charge in [0.15, 0.2) is 0 Å². The second-order valence-electron chi connectivity index (χ2n) is 13.8. The average Bonchev–Trinajstić information content (AvgIpc) is 2.52. The Morgan fingerprint density at radius 2 is 0.735 bits per heavy atom. The molecule has 34 heavy (non-hydrogen) atoms. The molecule has 0 aromatic carbocycles. The molecule has 4 bridgehead atoms. The van der Waals surface area contributed by atoms with Gasteiger partial charge in [0.05, 0.1) is 34.0 Å². The van der Waals surface area contributed by atoms with Crippen molar-refractivity contribution in [3.05, 3.63) is 21.1 Å². The summed E-state index contributed by atoms with van der Waals surface area (Å²) in [5.74, 6) is 0.227. The van der Waals surface area contributed by atoms with E-state index in [0.29, 0.717) is 0 Å². The van der Waals surface area contributed by atoms with E-state index in [1.807, 2.05) is 0 Å². The molecule has 0 radical (unpaired) electrons. The third-order valence-electron chi connectivity index (χ3n) is 5.60. The zero-order chi connectivity index (χ0) is 26.0. The maximum Gasteiger partial charge on any atom is 0.0532 e. The lowest BCUT2D eigenvalue weighted by molar-refractivity contribution is 0.507. The normalized spacial score (nSPS) is 33.0. The highest BCUT2D eigenvalue weighted by Crippen LogP contribution is 2.52. The van der Waals surface area contributed by atoms with E-state index in [4.69, 9.17) is 20.0 Å². The quantitative estimate of drug-likeness (QED) is 0.273. The summed E-state index contributed by atoms with van der Waals surface area (Å²) in [6, 6.07) is 0. The van der Waals surface area contributed by atoms with Gasteiger partial charge in [0.25, 0.3) is 0 Å². The van der Waals surface area contributed by atoms with E-state index in [1.54, 1.807) is 0 Å². The summed E-state index contributed by atoms with van der Waals surface area (Å²) >= 11 is 7.92. The van der Waals surface area contributed by atoms with Crippen LogP contribution in [0.25, 0.3) is 0 Å². The Morgan fingerprint density at radius 3 is 0.971 bits per heavy atom. The molecule has 3 rings (SSSR count). The second kappa shape index (κ2) is 8.90. The van der Waals surface area contributed by atoms with E-state index >= 15 is 0 Å². The van der Waals surface area contributed by atoms with Gasteiger partial charge in [-0.3, -0.25) is 20.0 Å². The zero-order valence-corrected chi connectivity index (χ0v) is 26.2. The highest BCUT2D eigenvalue weighted by atomic mass is 79.9. The molecule has 0 aromatic rings. The minimum absolute atomic E-state index is 0.0139.